The molecule has 4 aromatic rings. The highest BCUT2D eigenvalue weighted by atomic mass is 35.5. The van der Waals surface area contributed by atoms with Crippen molar-refractivity contribution in [2.45, 2.75) is 44.3 Å². The number of fused-ring (bicyclic) bond motifs is 1. The van der Waals surface area contributed by atoms with Crippen LogP contribution in [-0.2, 0) is 20.8 Å². The second-order valence-corrected chi connectivity index (χ2v) is 10.9. The largest absolute Gasteiger partial charge is 0.361 e. The number of carbonyl (C=O) groups excluding carboxylic acids is 3. The fourth-order valence-corrected chi connectivity index (χ4v) is 5.43. The average Bonchev–Trinajstić information content (AvgIpc) is 3.38. The normalized spacial score (nSPS) is 23.2. The molecular weight excluding hydrogens is 536 g/mol. The number of hydrogen-bond donors (Lipinski definition) is 4. The number of hydrogen-bond acceptors (Lipinski definition) is 3. The Balaban J connectivity index is 1.49. The lowest BCUT2D eigenvalue weighted by atomic mass is 9.92. The fourth-order valence-electron chi connectivity index (χ4n) is 5.30. The number of benzene rings is 3. The van der Waals surface area contributed by atoms with Crippen LogP contribution in [-0.4, -0.2) is 28.7 Å². The molecule has 1 aliphatic rings. The van der Waals surface area contributed by atoms with E-state index in [-0.39, 0.29) is 42.5 Å². The van der Waals surface area contributed by atoms with Crippen LogP contribution in [0.4, 0.5) is 0 Å². The van der Waals surface area contributed by atoms with Crippen molar-refractivity contribution in [2.75, 3.05) is 0 Å². The summed E-state index contributed by atoms with van der Waals surface area (Å²) in [6, 6.07) is 22.9. The molecule has 4 atom stereocenters. The fraction of sp³-hybridized carbons (Fsp3) is 0.242. The third-order valence-corrected chi connectivity index (χ3v) is 7.72. The van der Waals surface area contributed by atoms with Crippen LogP contribution in [0.25, 0.3) is 10.9 Å². The van der Waals surface area contributed by atoms with E-state index >= 15 is 0 Å². The molecule has 1 aromatic heterocycles. The molecule has 3 amide bonds. The molecule has 0 spiro atoms. The summed E-state index contributed by atoms with van der Waals surface area (Å²) in [5, 5.41) is 10.7. The van der Waals surface area contributed by atoms with Crippen molar-refractivity contribution in [3.05, 3.63) is 119 Å². The molecule has 0 aliphatic carbocycles. The number of rotatable bonds is 4. The van der Waals surface area contributed by atoms with Gasteiger partial charge in [0.15, 0.2) is 0 Å². The molecule has 210 valence electrons. The highest BCUT2D eigenvalue weighted by molar-refractivity contribution is 6.30. The van der Waals surface area contributed by atoms with Crippen LogP contribution in [0.2, 0.25) is 5.02 Å². The number of carbonyl (C=O) groups is 3. The van der Waals surface area contributed by atoms with Gasteiger partial charge in [-0.25, -0.2) is 0 Å². The number of aromatic amines is 1. The third-order valence-electron chi connectivity index (χ3n) is 7.47. The Morgan fingerprint density at radius 1 is 0.805 bits per heavy atom. The van der Waals surface area contributed by atoms with Crippen LogP contribution >= 0.6 is 11.6 Å². The number of H-pyrrole nitrogens is 1. The lowest BCUT2D eigenvalue weighted by Crippen LogP contribution is -2.50. The quantitative estimate of drug-likeness (QED) is 0.243. The van der Waals surface area contributed by atoms with Gasteiger partial charge in [-0.2, -0.15) is 0 Å². The Morgan fingerprint density at radius 2 is 1.54 bits per heavy atom. The van der Waals surface area contributed by atoms with E-state index in [1.165, 1.54) is 0 Å². The van der Waals surface area contributed by atoms with E-state index in [0.717, 1.165) is 27.6 Å². The molecule has 0 bridgehead atoms. The Morgan fingerprint density at radius 3 is 2.32 bits per heavy atom. The summed E-state index contributed by atoms with van der Waals surface area (Å²) in [5.41, 5.74) is 3.58. The molecule has 3 aromatic carbocycles. The average molecular weight is 569 g/mol. The molecule has 0 unspecified atom stereocenters. The Bertz CT molecular complexity index is 1550. The molecular formula is C33H33ClN4O3. The molecule has 7 nitrogen and oxygen atoms in total. The van der Waals surface area contributed by atoms with Gasteiger partial charge in [-0.1, -0.05) is 91.3 Å². The highest BCUT2D eigenvalue weighted by Crippen LogP contribution is 2.26. The van der Waals surface area contributed by atoms with Crippen LogP contribution in [0.5, 0.6) is 0 Å². The van der Waals surface area contributed by atoms with Gasteiger partial charge in [0.1, 0.15) is 6.04 Å². The van der Waals surface area contributed by atoms with Crippen LogP contribution in [0.1, 0.15) is 48.5 Å². The lowest BCUT2D eigenvalue weighted by Gasteiger charge is -2.28. The first-order valence-corrected chi connectivity index (χ1v) is 14.2. The Hall–Kier alpha value is -4.36. The maximum absolute atomic E-state index is 13.9. The zero-order valence-electron chi connectivity index (χ0n) is 22.8. The monoisotopic (exact) mass is 568 g/mol. The SMILES string of the molecule is C[C@H]1/C=C/CC(=O)N[C@H](c2ccc(Cl)cc2)CC(=O)N[C@@H](Cc2c[nH]c3ccccc23)C(=O)N[C@H]1c1ccccc1. The zero-order chi connectivity index (χ0) is 28.8. The first kappa shape index (κ1) is 28.2. The molecule has 0 fully saturated rings. The molecule has 0 saturated heterocycles. The lowest BCUT2D eigenvalue weighted by molar-refractivity contribution is -0.130. The van der Waals surface area contributed by atoms with E-state index in [9.17, 15) is 14.4 Å². The van der Waals surface area contributed by atoms with Gasteiger partial charge in [0, 0.05) is 35.0 Å². The summed E-state index contributed by atoms with van der Waals surface area (Å²) in [7, 11) is 0. The van der Waals surface area contributed by atoms with Crippen molar-refractivity contribution in [1.29, 1.82) is 0 Å². The first-order chi connectivity index (χ1) is 19.9. The highest BCUT2D eigenvalue weighted by Gasteiger charge is 2.29. The van der Waals surface area contributed by atoms with Crippen molar-refractivity contribution >= 4 is 40.2 Å². The molecule has 5 rings (SSSR count). The third kappa shape index (κ3) is 7.05. The smallest absolute Gasteiger partial charge is 0.243 e. The first-order valence-electron chi connectivity index (χ1n) is 13.8. The van der Waals surface area contributed by atoms with Crippen molar-refractivity contribution in [1.82, 2.24) is 20.9 Å². The summed E-state index contributed by atoms with van der Waals surface area (Å²) in [6.45, 7) is 2.00. The van der Waals surface area contributed by atoms with Gasteiger partial charge in [0.05, 0.1) is 18.5 Å². The molecule has 0 radical (unpaired) electrons. The van der Waals surface area contributed by atoms with Crippen molar-refractivity contribution in [2.24, 2.45) is 5.92 Å². The molecule has 2 heterocycles. The van der Waals surface area contributed by atoms with Gasteiger partial charge < -0.3 is 20.9 Å². The number of halogens is 1. The molecule has 8 heteroatoms. The zero-order valence-corrected chi connectivity index (χ0v) is 23.5. The van der Waals surface area contributed by atoms with E-state index in [1.54, 1.807) is 24.3 Å². The molecule has 41 heavy (non-hydrogen) atoms. The van der Waals surface area contributed by atoms with Gasteiger partial charge in [-0.3, -0.25) is 14.4 Å². The van der Waals surface area contributed by atoms with E-state index < -0.39 is 12.1 Å². The van der Waals surface area contributed by atoms with Crippen LogP contribution in [0.3, 0.4) is 0 Å². The van der Waals surface area contributed by atoms with E-state index in [0.29, 0.717) is 11.4 Å². The summed E-state index contributed by atoms with van der Waals surface area (Å²) in [6.07, 6.45) is 6.06. The maximum atomic E-state index is 13.9. The molecule has 1 aliphatic heterocycles. The second kappa shape index (κ2) is 12.9. The van der Waals surface area contributed by atoms with Crippen LogP contribution in [0.15, 0.2) is 97.2 Å². The van der Waals surface area contributed by atoms with Gasteiger partial charge in [-0.15, -0.1) is 0 Å². The van der Waals surface area contributed by atoms with Crippen LogP contribution in [0, 0.1) is 5.92 Å². The summed E-state index contributed by atoms with van der Waals surface area (Å²) in [5.74, 6) is -0.938. The van der Waals surface area contributed by atoms with Crippen molar-refractivity contribution < 1.29 is 14.4 Å². The number of amides is 3. The standard InChI is InChI=1S/C33H33ClN4O3/c1-21-8-7-13-30(39)36-28(22-14-16-25(34)17-15-22)19-31(40)37-29(18-24-20-35-27-12-6-5-11-26(24)27)33(41)38-32(21)23-9-3-2-4-10-23/h2-12,14-17,20-21,28-29,32,35H,13,18-19H2,1H3,(H,36,39)(H,37,40)(H,38,41)/b8-7+/t21-,28-,29-,32+/m0/s1. The van der Waals surface area contributed by atoms with Gasteiger partial charge in [0.2, 0.25) is 17.7 Å². The molecule has 0 saturated carbocycles. The van der Waals surface area contributed by atoms with Gasteiger partial charge >= 0.3 is 0 Å². The van der Waals surface area contributed by atoms with Crippen molar-refractivity contribution in [3.63, 3.8) is 0 Å². The topological polar surface area (TPSA) is 103 Å². The number of para-hydroxylation sites is 1. The Labute approximate surface area is 244 Å². The predicted molar refractivity (Wildman–Crippen MR) is 161 cm³/mol. The summed E-state index contributed by atoms with van der Waals surface area (Å²) in [4.78, 5) is 43.6. The summed E-state index contributed by atoms with van der Waals surface area (Å²) < 4.78 is 0. The Kier molecular flexibility index (Phi) is 8.85. The van der Waals surface area contributed by atoms with Crippen LogP contribution < -0.4 is 16.0 Å². The van der Waals surface area contributed by atoms with E-state index in [2.05, 4.69) is 20.9 Å². The minimum atomic E-state index is -0.839. The van der Waals surface area contributed by atoms with E-state index in [4.69, 9.17) is 11.6 Å². The maximum Gasteiger partial charge on any atom is 0.243 e. The molecule has 4 N–H and O–H groups in total. The number of nitrogens with one attached hydrogen (secondary N) is 4. The summed E-state index contributed by atoms with van der Waals surface area (Å²) >= 11 is 6.08. The minimum Gasteiger partial charge on any atom is -0.361 e. The number of aromatic nitrogens is 1. The minimum absolute atomic E-state index is 0.0345. The van der Waals surface area contributed by atoms with Gasteiger partial charge in [-0.05, 0) is 40.8 Å². The predicted octanol–water partition coefficient (Wildman–Crippen LogP) is 5.55. The van der Waals surface area contributed by atoms with Gasteiger partial charge in [0.25, 0.3) is 0 Å². The van der Waals surface area contributed by atoms with E-state index in [1.807, 2.05) is 79.9 Å². The second-order valence-electron chi connectivity index (χ2n) is 10.4. The van der Waals surface area contributed by atoms with Crippen molar-refractivity contribution in [3.8, 4) is 0 Å².